The van der Waals surface area contributed by atoms with Crippen LogP contribution < -0.4 is 5.73 Å². The highest BCUT2D eigenvalue weighted by atomic mass is 35.5. The third-order valence-electron chi connectivity index (χ3n) is 1.34. The molecule has 0 amide bonds. The predicted octanol–water partition coefficient (Wildman–Crippen LogP) is 0.999. The molecule has 0 spiro atoms. The van der Waals surface area contributed by atoms with Crippen molar-refractivity contribution in [2.24, 2.45) is 5.73 Å². The van der Waals surface area contributed by atoms with Gasteiger partial charge in [-0.2, -0.15) is 5.10 Å². The van der Waals surface area contributed by atoms with Gasteiger partial charge < -0.3 is 5.73 Å². The van der Waals surface area contributed by atoms with Crippen molar-refractivity contribution in [1.82, 2.24) is 10.2 Å². The predicted molar refractivity (Wildman–Crippen MR) is 47.3 cm³/mol. The van der Waals surface area contributed by atoms with Crippen molar-refractivity contribution in [3.8, 4) is 0 Å². The second-order valence-corrected chi connectivity index (χ2v) is 2.76. The minimum absolute atomic E-state index is 0.159. The Morgan fingerprint density at radius 1 is 1.50 bits per heavy atom. The summed E-state index contributed by atoms with van der Waals surface area (Å²) in [4.78, 5) is 0. The topological polar surface area (TPSA) is 75.7 Å². The molecule has 0 radical (unpaired) electrons. The van der Waals surface area contributed by atoms with E-state index in [0.717, 1.165) is 5.69 Å². The molecule has 0 atom stereocenters. The molecule has 64 valence electrons. The van der Waals surface area contributed by atoms with E-state index in [9.17, 15) is 0 Å². The molecule has 4 nitrogen and oxygen atoms in total. The normalized spacial score (nSPS) is 9.75. The quantitative estimate of drug-likeness (QED) is 0.544. The molecule has 12 heavy (non-hydrogen) atoms. The van der Waals surface area contributed by atoms with Crippen LogP contribution in [0.4, 0.5) is 0 Å². The van der Waals surface area contributed by atoms with Gasteiger partial charge in [0.25, 0.3) is 0 Å². The van der Waals surface area contributed by atoms with E-state index in [4.69, 9.17) is 22.7 Å². The number of aromatic nitrogens is 2. The van der Waals surface area contributed by atoms with E-state index in [2.05, 4.69) is 10.2 Å². The molecule has 0 saturated carbocycles. The molecule has 0 unspecified atom stereocenters. The summed E-state index contributed by atoms with van der Waals surface area (Å²) in [7, 11) is 0. The van der Waals surface area contributed by atoms with Crippen LogP contribution in [0.1, 0.15) is 12.1 Å². The minimum Gasteiger partial charge on any atom is -0.388 e. The number of hydrogen-bond donors (Lipinski definition) is 2. The summed E-state index contributed by atoms with van der Waals surface area (Å²) in [5, 5.41) is 14.8. The number of amidine groups is 1. The first-order valence-electron chi connectivity index (χ1n) is 3.49. The van der Waals surface area contributed by atoms with Crippen LogP contribution in [0.25, 0.3) is 0 Å². The lowest BCUT2D eigenvalue weighted by molar-refractivity contribution is 0.885. The first kappa shape index (κ1) is 8.93. The molecule has 0 bridgehead atoms. The zero-order valence-electron chi connectivity index (χ0n) is 6.42. The zero-order chi connectivity index (χ0) is 8.97. The molecular formula is C7H9ClN4. The van der Waals surface area contributed by atoms with Gasteiger partial charge in [-0.25, -0.2) is 0 Å². The lowest BCUT2D eigenvalue weighted by Gasteiger charge is -1.97. The van der Waals surface area contributed by atoms with Crippen molar-refractivity contribution in [1.29, 1.82) is 5.41 Å². The number of halogens is 1. The van der Waals surface area contributed by atoms with Crippen LogP contribution in [-0.4, -0.2) is 16.0 Å². The van der Waals surface area contributed by atoms with Crippen LogP contribution in [0, 0.1) is 5.41 Å². The number of nitrogens with two attached hydrogens (primary N) is 1. The Kier molecular flexibility index (Phi) is 2.99. The fraction of sp³-hybridized carbons (Fsp3) is 0.286. The van der Waals surface area contributed by atoms with Gasteiger partial charge >= 0.3 is 0 Å². The molecule has 0 saturated heterocycles. The molecule has 1 aromatic rings. The Balaban J connectivity index is 2.53. The van der Waals surface area contributed by atoms with Crippen molar-refractivity contribution in [3.05, 3.63) is 23.0 Å². The molecular weight excluding hydrogens is 176 g/mol. The van der Waals surface area contributed by atoms with E-state index in [0.29, 0.717) is 18.0 Å². The average molecular weight is 185 g/mol. The summed E-state index contributed by atoms with van der Waals surface area (Å²) in [6, 6.07) is 3.45. The average Bonchev–Trinajstić information content (AvgIpc) is 2.03. The molecule has 0 aliphatic rings. The number of nitrogens with zero attached hydrogens (tertiary/aromatic N) is 2. The third kappa shape index (κ3) is 2.84. The van der Waals surface area contributed by atoms with Crippen LogP contribution in [-0.2, 0) is 6.42 Å². The zero-order valence-corrected chi connectivity index (χ0v) is 7.17. The largest absolute Gasteiger partial charge is 0.388 e. The minimum atomic E-state index is 0.159. The fourth-order valence-electron chi connectivity index (χ4n) is 0.740. The van der Waals surface area contributed by atoms with Gasteiger partial charge in [0.15, 0.2) is 5.15 Å². The van der Waals surface area contributed by atoms with Gasteiger partial charge in [-0.05, 0) is 18.6 Å². The second kappa shape index (κ2) is 4.01. The van der Waals surface area contributed by atoms with Gasteiger partial charge in [0.1, 0.15) is 0 Å². The molecule has 1 heterocycles. The molecule has 3 N–H and O–H groups in total. The molecule has 0 aliphatic heterocycles. The molecule has 0 aliphatic carbocycles. The van der Waals surface area contributed by atoms with E-state index in [1.807, 2.05) is 0 Å². The van der Waals surface area contributed by atoms with E-state index in [1.165, 1.54) is 0 Å². The Morgan fingerprint density at radius 2 is 2.25 bits per heavy atom. The summed E-state index contributed by atoms with van der Waals surface area (Å²) in [6.07, 6.45) is 1.15. The first-order chi connectivity index (χ1) is 5.68. The smallest absolute Gasteiger partial charge is 0.151 e. The van der Waals surface area contributed by atoms with E-state index in [-0.39, 0.29) is 5.84 Å². The van der Waals surface area contributed by atoms with E-state index >= 15 is 0 Å². The van der Waals surface area contributed by atoms with Gasteiger partial charge in [-0.15, -0.1) is 5.10 Å². The fourth-order valence-corrected chi connectivity index (χ4v) is 0.840. The summed E-state index contributed by atoms with van der Waals surface area (Å²) in [5.41, 5.74) is 5.98. The standard InChI is InChI=1S/C7H9ClN4/c8-6-3-1-5(11-12-6)2-4-7(9)10/h1,3H,2,4H2,(H3,9,10). The molecule has 0 fully saturated rings. The number of aryl methyl sites for hydroxylation is 1. The molecule has 5 heteroatoms. The summed E-state index contributed by atoms with van der Waals surface area (Å²) < 4.78 is 0. The van der Waals surface area contributed by atoms with Gasteiger partial charge in [0.2, 0.25) is 0 Å². The molecule has 1 rings (SSSR count). The van der Waals surface area contributed by atoms with Crippen LogP contribution in [0.3, 0.4) is 0 Å². The van der Waals surface area contributed by atoms with Crippen molar-refractivity contribution < 1.29 is 0 Å². The van der Waals surface area contributed by atoms with Gasteiger partial charge in [0, 0.05) is 6.42 Å². The summed E-state index contributed by atoms with van der Waals surface area (Å²) in [6.45, 7) is 0. The Morgan fingerprint density at radius 3 is 2.75 bits per heavy atom. The highest BCUT2D eigenvalue weighted by Gasteiger charge is 1.96. The highest BCUT2D eigenvalue weighted by molar-refractivity contribution is 6.29. The first-order valence-corrected chi connectivity index (χ1v) is 3.87. The second-order valence-electron chi connectivity index (χ2n) is 2.37. The Labute approximate surface area is 75.3 Å². The van der Waals surface area contributed by atoms with Crippen LogP contribution in [0.15, 0.2) is 12.1 Å². The monoisotopic (exact) mass is 184 g/mol. The lowest BCUT2D eigenvalue weighted by Crippen LogP contribution is -2.10. The number of nitrogens with one attached hydrogen (secondary N) is 1. The Hall–Kier alpha value is -1.16. The van der Waals surface area contributed by atoms with Crippen LogP contribution in [0.2, 0.25) is 5.15 Å². The van der Waals surface area contributed by atoms with Gasteiger partial charge in [-0.1, -0.05) is 11.6 Å². The van der Waals surface area contributed by atoms with Crippen molar-refractivity contribution >= 4 is 17.4 Å². The van der Waals surface area contributed by atoms with Crippen LogP contribution >= 0.6 is 11.6 Å². The van der Waals surface area contributed by atoms with Crippen molar-refractivity contribution in [2.75, 3.05) is 0 Å². The van der Waals surface area contributed by atoms with Crippen molar-refractivity contribution in [3.63, 3.8) is 0 Å². The van der Waals surface area contributed by atoms with Gasteiger partial charge in [0.05, 0.1) is 11.5 Å². The maximum Gasteiger partial charge on any atom is 0.151 e. The maximum absolute atomic E-state index is 6.99. The van der Waals surface area contributed by atoms with Crippen molar-refractivity contribution in [2.45, 2.75) is 12.8 Å². The van der Waals surface area contributed by atoms with Crippen LogP contribution in [0.5, 0.6) is 0 Å². The van der Waals surface area contributed by atoms with E-state index in [1.54, 1.807) is 12.1 Å². The summed E-state index contributed by atoms with van der Waals surface area (Å²) >= 11 is 5.53. The lowest BCUT2D eigenvalue weighted by atomic mass is 10.2. The molecule has 1 aromatic heterocycles. The maximum atomic E-state index is 6.99. The van der Waals surface area contributed by atoms with E-state index < -0.39 is 0 Å². The number of rotatable bonds is 3. The Bertz CT molecular complexity index is 269. The third-order valence-corrected chi connectivity index (χ3v) is 1.54. The summed E-state index contributed by atoms with van der Waals surface area (Å²) in [5.74, 6) is 0.159. The molecule has 0 aromatic carbocycles. The number of hydrogen-bond acceptors (Lipinski definition) is 3. The SMILES string of the molecule is N=C(N)CCc1ccc(Cl)nn1. The van der Waals surface area contributed by atoms with Gasteiger partial charge in [-0.3, -0.25) is 5.41 Å². The highest BCUT2D eigenvalue weighted by Crippen LogP contribution is 2.03.